The van der Waals surface area contributed by atoms with Gasteiger partial charge in [0.1, 0.15) is 5.82 Å². The van der Waals surface area contributed by atoms with Crippen molar-refractivity contribution in [2.45, 2.75) is 37.5 Å². The van der Waals surface area contributed by atoms with Crippen molar-refractivity contribution in [3.05, 3.63) is 22.5 Å². The Morgan fingerprint density at radius 2 is 1.90 bits per heavy atom. The number of ether oxygens (including phenoxy) is 2. The Hall–Kier alpha value is -1.49. The third-order valence-electron chi connectivity index (χ3n) is 4.28. The minimum Gasteiger partial charge on any atom is -0.489 e. The van der Waals surface area contributed by atoms with Crippen molar-refractivity contribution in [2.75, 3.05) is 13.2 Å². The molecule has 1 saturated carbocycles. The zero-order chi connectivity index (χ0) is 15.0. The van der Waals surface area contributed by atoms with Crippen molar-refractivity contribution >= 4 is 17.6 Å². The van der Waals surface area contributed by atoms with E-state index in [9.17, 15) is 14.3 Å². The highest BCUT2D eigenvalue weighted by Crippen LogP contribution is 2.51. The Bertz CT molecular complexity index is 582. The Morgan fingerprint density at radius 1 is 1.24 bits per heavy atom. The molecule has 4 nitrogen and oxygen atoms in total. The molecule has 6 heteroatoms. The first kappa shape index (κ1) is 14.4. The number of halogens is 2. The van der Waals surface area contributed by atoms with Gasteiger partial charge in [-0.1, -0.05) is 24.4 Å². The first-order valence-corrected chi connectivity index (χ1v) is 7.45. The second-order valence-electron chi connectivity index (χ2n) is 5.52. The smallest absolute Gasteiger partial charge is 0.314 e. The molecule has 0 amide bonds. The summed E-state index contributed by atoms with van der Waals surface area (Å²) in [5.41, 5.74) is -1.22. The standard InChI is InChI=1S/C15H16ClFO4/c16-9-8-10-13(21-7-3-6-20-10)11(12(9)17)15(14(18)19)4-1-2-5-15/h8H,1-7H2,(H,18,19). The number of carboxylic acids is 1. The molecule has 0 atom stereocenters. The lowest BCUT2D eigenvalue weighted by molar-refractivity contribution is -0.143. The summed E-state index contributed by atoms with van der Waals surface area (Å²) in [7, 11) is 0. The summed E-state index contributed by atoms with van der Waals surface area (Å²) in [6.07, 6.45) is 2.92. The number of benzene rings is 1. The molecule has 0 radical (unpaired) electrons. The Morgan fingerprint density at radius 3 is 2.57 bits per heavy atom. The van der Waals surface area contributed by atoms with E-state index in [4.69, 9.17) is 21.1 Å². The van der Waals surface area contributed by atoms with Crippen molar-refractivity contribution in [3.63, 3.8) is 0 Å². The van der Waals surface area contributed by atoms with E-state index in [2.05, 4.69) is 0 Å². The van der Waals surface area contributed by atoms with E-state index in [1.807, 2.05) is 0 Å². The second-order valence-corrected chi connectivity index (χ2v) is 5.93. The zero-order valence-electron chi connectivity index (χ0n) is 11.5. The average Bonchev–Trinajstić information content (AvgIpc) is 2.83. The molecule has 1 aliphatic heterocycles. The molecule has 0 saturated heterocycles. The van der Waals surface area contributed by atoms with E-state index in [0.717, 1.165) is 12.8 Å². The molecular formula is C15H16ClFO4. The van der Waals surface area contributed by atoms with Gasteiger partial charge in [-0.15, -0.1) is 0 Å². The van der Waals surface area contributed by atoms with Crippen LogP contribution in [-0.4, -0.2) is 24.3 Å². The number of carboxylic acid groups (broad SMARTS) is 1. The van der Waals surface area contributed by atoms with Crippen LogP contribution >= 0.6 is 11.6 Å². The van der Waals surface area contributed by atoms with Gasteiger partial charge in [-0.25, -0.2) is 4.39 Å². The van der Waals surface area contributed by atoms with Crippen molar-refractivity contribution in [3.8, 4) is 11.5 Å². The lowest BCUT2D eigenvalue weighted by atomic mass is 9.78. The first-order chi connectivity index (χ1) is 10.1. The molecule has 21 heavy (non-hydrogen) atoms. The van der Waals surface area contributed by atoms with Gasteiger partial charge in [0.15, 0.2) is 11.5 Å². The van der Waals surface area contributed by atoms with Gasteiger partial charge in [0, 0.05) is 12.5 Å². The van der Waals surface area contributed by atoms with Crippen LogP contribution in [0.5, 0.6) is 11.5 Å². The van der Waals surface area contributed by atoms with Gasteiger partial charge in [-0.3, -0.25) is 4.79 Å². The minimum atomic E-state index is -1.27. The Kier molecular flexibility index (Phi) is 3.69. The predicted octanol–water partition coefficient (Wildman–Crippen LogP) is 3.54. The molecule has 1 aliphatic carbocycles. The largest absolute Gasteiger partial charge is 0.489 e. The second kappa shape index (κ2) is 5.37. The third kappa shape index (κ3) is 2.24. The van der Waals surface area contributed by atoms with Crippen LogP contribution in [0.15, 0.2) is 6.07 Å². The van der Waals surface area contributed by atoms with Gasteiger partial charge in [0.05, 0.1) is 29.2 Å². The van der Waals surface area contributed by atoms with Gasteiger partial charge in [-0.05, 0) is 12.8 Å². The van der Waals surface area contributed by atoms with Gasteiger partial charge in [0.25, 0.3) is 0 Å². The van der Waals surface area contributed by atoms with Crippen LogP contribution in [0, 0.1) is 5.82 Å². The summed E-state index contributed by atoms with van der Waals surface area (Å²) < 4.78 is 25.8. The summed E-state index contributed by atoms with van der Waals surface area (Å²) in [6.45, 7) is 0.811. The number of carbonyl (C=O) groups is 1. The normalized spacial score (nSPS) is 20.1. The molecule has 1 aromatic rings. The van der Waals surface area contributed by atoms with Crippen molar-refractivity contribution in [1.29, 1.82) is 0 Å². The number of aliphatic carboxylic acids is 1. The van der Waals surface area contributed by atoms with E-state index in [-0.39, 0.29) is 16.3 Å². The SMILES string of the molecule is O=C(O)C1(c2c(F)c(Cl)cc3c2OCCCO3)CCCC1. The maximum atomic E-state index is 14.6. The number of fused-ring (bicyclic) bond motifs is 1. The molecule has 0 unspecified atom stereocenters. The summed E-state index contributed by atoms with van der Waals surface area (Å²) in [5, 5.41) is 9.57. The summed E-state index contributed by atoms with van der Waals surface area (Å²) in [6, 6.07) is 1.37. The van der Waals surface area contributed by atoms with Crippen LogP contribution in [0.1, 0.15) is 37.7 Å². The molecule has 0 spiro atoms. The average molecular weight is 315 g/mol. The number of hydrogen-bond acceptors (Lipinski definition) is 3. The fourth-order valence-electron chi connectivity index (χ4n) is 3.23. The summed E-state index contributed by atoms with van der Waals surface area (Å²) >= 11 is 5.95. The molecule has 114 valence electrons. The molecule has 1 fully saturated rings. The van der Waals surface area contributed by atoms with E-state index < -0.39 is 17.2 Å². The highest BCUT2D eigenvalue weighted by Gasteiger charge is 2.48. The van der Waals surface area contributed by atoms with Crippen molar-refractivity contribution in [1.82, 2.24) is 0 Å². The molecule has 3 rings (SSSR count). The first-order valence-electron chi connectivity index (χ1n) is 7.08. The van der Waals surface area contributed by atoms with Crippen molar-refractivity contribution < 1.29 is 23.8 Å². The maximum absolute atomic E-state index is 14.6. The molecule has 0 bridgehead atoms. The molecule has 2 aliphatic rings. The van der Waals surface area contributed by atoms with Crippen LogP contribution < -0.4 is 9.47 Å². The lowest BCUT2D eigenvalue weighted by Gasteiger charge is -2.28. The Labute approximate surface area is 126 Å². The maximum Gasteiger partial charge on any atom is 0.314 e. The third-order valence-corrected chi connectivity index (χ3v) is 4.55. The molecule has 1 N–H and O–H groups in total. The Balaban J connectivity index is 2.25. The van der Waals surface area contributed by atoms with Crippen molar-refractivity contribution in [2.24, 2.45) is 0 Å². The monoisotopic (exact) mass is 314 g/mol. The van der Waals surface area contributed by atoms with Crippen LogP contribution in [-0.2, 0) is 10.2 Å². The van der Waals surface area contributed by atoms with Gasteiger partial charge in [-0.2, -0.15) is 0 Å². The van der Waals surface area contributed by atoms with Gasteiger partial charge in [0.2, 0.25) is 0 Å². The predicted molar refractivity (Wildman–Crippen MR) is 74.8 cm³/mol. The van der Waals surface area contributed by atoms with Crippen LogP contribution in [0.2, 0.25) is 5.02 Å². The minimum absolute atomic E-state index is 0.0527. The van der Waals surface area contributed by atoms with Crippen LogP contribution in [0.4, 0.5) is 4.39 Å². The zero-order valence-corrected chi connectivity index (χ0v) is 12.2. The summed E-state index contributed by atoms with van der Waals surface area (Å²) in [4.78, 5) is 11.9. The van der Waals surface area contributed by atoms with E-state index in [1.54, 1.807) is 0 Å². The fourth-order valence-corrected chi connectivity index (χ4v) is 3.42. The summed E-state index contributed by atoms with van der Waals surface area (Å²) in [5.74, 6) is -1.19. The fraction of sp³-hybridized carbons (Fsp3) is 0.533. The molecule has 1 aromatic carbocycles. The van der Waals surface area contributed by atoms with Crippen LogP contribution in [0.25, 0.3) is 0 Å². The molecule has 0 aromatic heterocycles. The highest BCUT2D eigenvalue weighted by atomic mass is 35.5. The topological polar surface area (TPSA) is 55.8 Å². The van der Waals surface area contributed by atoms with E-state index in [1.165, 1.54) is 6.07 Å². The molecular weight excluding hydrogens is 299 g/mol. The lowest BCUT2D eigenvalue weighted by Crippen LogP contribution is -2.34. The number of rotatable bonds is 2. The van der Waals surface area contributed by atoms with Gasteiger partial charge < -0.3 is 14.6 Å². The van der Waals surface area contributed by atoms with E-state index in [0.29, 0.717) is 38.2 Å². The number of hydrogen-bond donors (Lipinski definition) is 1. The van der Waals surface area contributed by atoms with Gasteiger partial charge >= 0.3 is 5.97 Å². The van der Waals surface area contributed by atoms with Crippen LogP contribution in [0.3, 0.4) is 0 Å². The van der Waals surface area contributed by atoms with E-state index >= 15 is 0 Å². The highest BCUT2D eigenvalue weighted by molar-refractivity contribution is 6.31. The molecule has 1 heterocycles. The quantitative estimate of drug-likeness (QED) is 0.907.